The third-order valence-corrected chi connectivity index (χ3v) is 4.92. The van der Waals surface area contributed by atoms with E-state index in [1.54, 1.807) is 0 Å². The molecule has 0 aromatic heterocycles. The predicted molar refractivity (Wildman–Crippen MR) is 61.6 cm³/mol. The summed E-state index contributed by atoms with van der Waals surface area (Å²) in [6, 6.07) is 0. The Morgan fingerprint density at radius 2 is 2.20 bits per heavy atom. The van der Waals surface area contributed by atoms with E-state index in [0.29, 0.717) is 12.2 Å². The maximum atomic E-state index is 6.17. The summed E-state index contributed by atoms with van der Waals surface area (Å²) in [7, 11) is 0. The topological polar surface area (TPSA) is 9.23 Å². The minimum absolute atomic E-state index is 0.460. The number of rotatable bonds is 3. The fourth-order valence-electron chi connectivity index (χ4n) is 4.05. The lowest BCUT2D eigenvalue weighted by Crippen LogP contribution is -2.32. The Morgan fingerprint density at radius 1 is 1.33 bits per heavy atom. The van der Waals surface area contributed by atoms with Gasteiger partial charge in [0.2, 0.25) is 0 Å². The molecule has 3 aliphatic carbocycles. The van der Waals surface area contributed by atoms with Crippen LogP contribution in [0.25, 0.3) is 0 Å². The Kier molecular flexibility index (Phi) is 2.39. The number of ether oxygens (including phenoxy) is 1. The Labute approximate surface area is 92.9 Å². The van der Waals surface area contributed by atoms with Gasteiger partial charge in [0, 0.05) is 0 Å². The summed E-state index contributed by atoms with van der Waals surface area (Å²) in [6.07, 6.45) is 11.2. The van der Waals surface area contributed by atoms with Crippen molar-refractivity contribution in [3.05, 3.63) is 12.2 Å². The summed E-state index contributed by atoms with van der Waals surface area (Å²) in [5.41, 5.74) is 0. The molecular weight excluding hydrogens is 184 g/mol. The van der Waals surface area contributed by atoms with Crippen LogP contribution in [0.1, 0.15) is 39.5 Å². The van der Waals surface area contributed by atoms with Crippen LogP contribution in [0.5, 0.6) is 0 Å². The molecule has 0 saturated heterocycles. The van der Waals surface area contributed by atoms with Gasteiger partial charge in [-0.15, -0.1) is 0 Å². The third kappa shape index (κ3) is 1.47. The van der Waals surface area contributed by atoms with Crippen LogP contribution in [0.2, 0.25) is 0 Å². The molecule has 15 heavy (non-hydrogen) atoms. The molecule has 0 aromatic carbocycles. The average molecular weight is 206 g/mol. The first-order valence-corrected chi connectivity index (χ1v) is 6.61. The van der Waals surface area contributed by atoms with Crippen molar-refractivity contribution < 1.29 is 4.74 Å². The van der Waals surface area contributed by atoms with Crippen LogP contribution in [0.3, 0.4) is 0 Å². The minimum Gasteiger partial charge on any atom is -0.375 e. The highest BCUT2D eigenvalue weighted by molar-refractivity contribution is 5.14. The van der Waals surface area contributed by atoms with Crippen LogP contribution in [-0.2, 0) is 4.74 Å². The highest BCUT2D eigenvalue weighted by Crippen LogP contribution is 2.57. The fourth-order valence-corrected chi connectivity index (χ4v) is 4.05. The first-order chi connectivity index (χ1) is 7.29. The molecule has 2 fully saturated rings. The van der Waals surface area contributed by atoms with Crippen molar-refractivity contribution in [2.45, 2.75) is 51.7 Å². The molecule has 2 saturated carbocycles. The highest BCUT2D eigenvalue weighted by Gasteiger charge is 2.53. The Hall–Kier alpha value is -0.300. The van der Waals surface area contributed by atoms with E-state index >= 15 is 0 Å². The monoisotopic (exact) mass is 206 g/mol. The van der Waals surface area contributed by atoms with E-state index in [4.69, 9.17) is 4.74 Å². The molecule has 0 spiro atoms. The van der Waals surface area contributed by atoms with Crippen LogP contribution in [0.4, 0.5) is 0 Å². The van der Waals surface area contributed by atoms with Gasteiger partial charge >= 0.3 is 0 Å². The molecule has 1 heteroatoms. The molecule has 84 valence electrons. The predicted octanol–water partition coefficient (Wildman–Crippen LogP) is 3.40. The average Bonchev–Trinajstić information content (AvgIpc) is 2.87. The Bertz CT molecular complexity index is 271. The van der Waals surface area contributed by atoms with Crippen molar-refractivity contribution in [1.29, 1.82) is 0 Å². The van der Waals surface area contributed by atoms with Crippen molar-refractivity contribution in [2.75, 3.05) is 0 Å². The lowest BCUT2D eigenvalue weighted by atomic mass is 9.80. The summed E-state index contributed by atoms with van der Waals surface area (Å²) < 4.78 is 6.17. The molecule has 0 amide bonds. The smallest absolute Gasteiger partial charge is 0.0612 e. The molecule has 6 unspecified atom stereocenters. The zero-order valence-corrected chi connectivity index (χ0v) is 9.86. The van der Waals surface area contributed by atoms with Crippen LogP contribution >= 0.6 is 0 Å². The molecule has 3 rings (SSSR count). The second kappa shape index (κ2) is 3.62. The maximum absolute atomic E-state index is 6.17. The van der Waals surface area contributed by atoms with Gasteiger partial charge in [0.1, 0.15) is 0 Å². The van der Waals surface area contributed by atoms with E-state index in [1.807, 2.05) is 0 Å². The number of hydrogen-bond donors (Lipinski definition) is 0. The molecule has 0 aromatic rings. The van der Waals surface area contributed by atoms with Gasteiger partial charge in [0.05, 0.1) is 12.2 Å². The minimum atomic E-state index is 0.460. The van der Waals surface area contributed by atoms with Gasteiger partial charge in [-0.1, -0.05) is 19.1 Å². The van der Waals surface area contributed by atoms with E-state index < -0.39 is 0 Å². The third-order valence-electron chi connectivity index (χ3n) is 4.92. The van der Waals surface area contributed by atoms with Gasteiger partial charge in [-0.25, -0.2) is 0 Å². The van der Waals surface area contributed by atoms with Crippen molar-refractivity contribution in [3.63, 3.8) is 0 Å². The second-order valence-electron chi connectivity index (χ2n) is 5.69. The van der Waals surface area contributed by atoms with E-state index in [-0.39, 0.29) is 0 Å². The molecule has 0 N–H and O–H groups in total. The zero-order valence-electron chi connectivity index (χ0n) is 9.86. The largest absolute Gasteiger partial charge is 0.375 e. The first kappa shape index (κ1) is 9.89. The molecule has 1 nitrogen and oxygen atoms in total. The van der Waals surface area contributed by atoms with Gasteiger partial charge in [-0.05, 0) is 56.3 Å². The quantitative estimate of drug-likeness (QED) is 0.643. The maximum Gasteiger partial charge on any atom is 0.0612 e. The van der Waals surface area contributed by atoms with E-state index in [9.17, 15) is 0 Å². The highest BCUT2D eigenvalue weighted by atomic mass is 16.5. The fraction of sp³-hybridized carbons (Fsp3) is 0.857. The van der Waals surface area contributed by atoms with Gasteiger partial charge in [0.15, 0.2) is 0 Å². The second-order valence-corrected chi connectivity index (χ2v) is 5.69. The summed E-state index contributed by atoms with van der Waals surface area (Å²) >= 11 is 0. The van der Waals surface area contributed by atoms with Gasteiger partial charge < -0.3 is 4.74 Å². The standard InChI is InChI=1S/C14H22O/c1-3-9(2)15-14-8-10-7-13(14)12-6-4-5-11(10)12/h4-5,9-14H,3,6-8H2,1-2H3. The lowest BCUT2D eigenvalue weighted by molar-refractivity contribution is -0.0494. The summed E-state index contributed by atoms with van der Waals surface area (Å²) in [4.78, 5) is 0. The number of fused-ring (bicyclic) bond motifs is 5. The first-order valence-electron chi connectivity index (χ1n) is 6.61. The summed E-state index contributed by atoms with van der Waals surface area (Å²) in [6.45, 7) is 4.44. The van der Waals surface area contributed by atoms with E-state index in [0.717, 1.165) is 30.1 Å². The van der Waals surface area contributed by atoms with Crippen molar-refractivity contribution in [3.8, 4) is 0 Å². The molecule has 2 bridgehead atoms. The van der Waals surface area contributed by atoms with Crippen LogP contribution in [0, 0.1) is 23.7 Å². The normalized spacial score (nSPS) is 48.5. The number of hydrogen-bond acceptors (Lipinski definition) is 1. The summed E-state index contributed by atoms with van der Waals surface area (Å²) in [5, 5.41) is 0. The molecular formula is C14H22O. The zero-order chi connectivity index (χ0) is 10.4. The molecule has 0 aliphatic heterocycles. The van der Waals surface area contributed by atoms with Crippen molar-refractivity contribution in [2.24, 2.45) is 23.7 Å². The van der Waals surface area contributed by atoms with Gasteiger partial charge in [-0.3, -0.25) is 0 Å². The van der Waals surface area contributed by atoms with Crippen LogP contribution in [-0.4, -0.2) is 12.2 Å². The Morgan fingerprint density at radius 3 is 3.00 bits per heavy atom. The SMILES string of the molecule is CCC(C)OC1CC2CC1C1CC=CC21. The van der Waals surface area contributed by atoms with Crippen molar-refractivity contribution >= 4 is 0 Å². The van der Waals surface area contributed by atoms with Crippen molar-refractivity contribution in [1.82, 2.24) is 0 Å². The summed E-state index contributed by atoms with van der Waals surface area (Å²) in [5.74, 6) is 3.70. The van der Waals surface area contributed by atoms with Gasteiger partial charge in [-0.2, -0.15) is 0 Å². The van der Waals surface area contributed by atoms with Gasteiger partial charge in [0.25, 0.3) is 0 Å². The van der Waals surface area contributed by atoms with Crippen LogP contribution < -0.4 is 0 Å². The number of allylic oxidation sites excluding steroid dienone is 2. The molecule has 6 atom stereocenters. The lowest BCUT2D eigenvalue weighted by Gasteiger charge is -2.33. The van der Waals surface area contributed by atoms with Crippen LogP contribution in [0.15, 0.2) is 12.2 Å². The molecule has 3 aliphatic rings. The van der Waals surface area contributed by atoms with E-state index in [2.05, 4.69) is 26.0 Å². The molecule has 0 radical (unpaired) electrons. The van der Waals surface area contributed by atoms with E-state index in [1.165, 1.54) is 19.3 Å². The molecule has 0 heterocycles. The Balaban J connectivity index is 1.67.